The van der Waals surface area contributed by atoms with Crippen molar-refractivity contribution in [1.82, 2.24) is 15.5 Å². The first-order valence-electron chi connectivity index (χ1n) is 6.34. The van der Waals surface area contributed by atoms with Crippen LogP contribution in [-0.2, 0) is 6.42 Å². The summed E-state index contributed by atoms with van der Waals surface area (Å²) in [7, 11) is 0. The van der Waals surface area contributed by atoms with Crippen LogP contribution in [-0.4, -0.2) is 16.0 Å². The molecule has 0 radical (unpaired) electrons. The summed E-state index contributed by atoms with van der Waals surface area (Å²) in [5, 5.41) is 7.80. The van der Waals surface area contributed by atoms with Gasteiger partial charge in [-0.25, -0.2) is 4.98 Å². The number of fused-ring (bicyclic) bond motifs is 1. The fourth-order valence-corrected chi connectivity index (χ4v) is 3.43. The van der Waals surface area contributed by atoms with Crippen molar-refractivity contribution in [3.05, 3.63) is 33.1 Å². The Morgan fingerprint density at radius 2 is 2.37 bits per heavy atom. The number of carbonyl (C=O) groups is 1. The molecule has 0 aromatic carbocycles. The number of hydrogen-bond acceptors (Lipinski definition) is 5. The van der Waals surface area contributed by atoms with Gasteiger partial charge in [0.25, 0.3) is 5.91 Å². The standard InChI is InChI=1S/C13H15N3O2S/c1-7-6-10(16-18-7)13(17)15-9-4-3-5-11-12(9)14-8(2)19-11/h6,9H,3-5H2,1-2H3,(H,15,17). The Kier molecular flexibility index (Phi) is 3.10. The van der Waals surface area contributed by atoms with Gasteiger partial charge in [-0.05, 0) is 33.1 Å². The van der Waals surface area contributed by atoms with E-state index < -0.39 is 0 Å². The van der Waals surface area contributed by atoms with E-state index in [0.717, 1.165) is 30.0 Å². The van der Waals surface area contributed by atoms with Crippen molar-refractivity contribution in [2.75, 3.05) is 0 Å². The molecular formula is C13H15N3O2S. The van der Waals surface area contributed by atoms with Gasteiger partial charge in [0.05, 0.1) is 16.7 Å². The van der Waals surface area contributed by atoms with Crippen molar-refractivity contribution >= 4 is 17.2 Å². The largest absolute Gasteiger partial charge is 0.361 e. The predicted molar refractivity (Wildman–Crippen MR) is 71.2 cm³/mol. The number of rotatable bonds is 2. The van der Waals surface area contributed by atoms with E-state index >= 15 is 0 Å². The number of hydrogen-bond donors (Lipinski definition) is 1. The van der Waals surface area contributed by atoms with E-state index in [1.54, 1.807) is 24.3 Å². The third-order valence-electron chi connectivity index (χ3n) is 3.23. The predicted octanol–water partition coefficient (Wildman–Crippen LogP) is 2.56. The minimum absolute atomic E-state index is 0.00166. The van der Waals surface area contributed by atoms with Crippen LogP contribution in [0.3, 0.4) is 0 Å². The molecule has 1 unspecified atom stereocenters. The number of thiazole rings is 1. The van der Waals surface area contributed by atoms with Gasteiger partial charge in [0, 0.05) is 10.9 Å². The first-order chi connectivity index (χ1) is 9.13. The lowest BCUT2D eigenvalue weighted by Crippen LogP contribution is -2.31. The molecule has 0 fully saturated rings. The average Bonchev–Trinajstić information content (AvgIpc) is 2.95. The molecule has 2 heterocycles. The Hall–Kier alpha value is -1.69. The minimum atomic E-state index is -0.194. The molecule has 5 nitrogen and oxygen atoms in total. The van der Waals surface area contributed by atoms with Crippen molar-refractivity contribution in [2.24, 2.45) is 0 Å². The SMILES string of the molecule is Cc1cc(C(=O)NC2CCCc3sc(C)nc32)no1. The molecule has 1 N–H and O–H groups in total. The fraction of sp³-hybridized carbons (Fsp3) is 0.462. The van der Waals surface area contributed by atoms with E-state index in [-0.39, 0.29) is 11.9 Å². The zero-order valence-corrected chi connectivity index (χ0v) is 11.7. The van der Waals surface area contributed by atoms with E-state index in [4.69, 9.17) is 4.52 Å². The van der Waals surface area contributed by atoms with Crippen LogP contribution in [0.15, 0.2) is 10.6 Å². The van der Waals surface area contributed by atoms with Crippen LogP contribution in [0.1, 0.15) is 50.7 Å². The number of carbonyl (C=O) groups excluding carboxylic acids is 1. The Labute approximate surface area is 115 Å². The van der Waals surface area contributed by atoms with Gasteiger partial charge < -0.3 is 9.84 Å². The summed E-state index contributed by atoms with van der Waals surface area (Å²) in [5.74, 6) is 0.444. The molecule has 3 rings (SSSR count). The lowest BCUT2D eigenvalue weighted by molar-refractivity contribution is 0.0922. The van der Waals surface area contributed by atoms with E-state index in [1.165, 1.54) is 4.88 Å². The summed E-state index contributed by atoms with van der Waals surface area (Å²) in [6, 6.07) is 1.64. The number of aromatic nitrogens is 2. The zero-order chi connectivity index (χ0) is 13.4. The van der Waals surface area contributed by atoms with Gasteiger partial charge in [-0.2, -0.15) is 0 Å². The number of amides is 1. The van der Waals surface area contributed by atoms with E-state index in [2.05, 4.69) is 15.5 Å². The second-order valence-electron chi connectivity index (χ2n) is 4.78. The number of nitrogens with zero attached hydrogens (tertiary/aromatic N) is 2. The molecule has 2 aromatic heterocycles. The smallest absolute Gasteiger partial charge is 0.274 e. The van der Waals surface area contributed by atoms with Gasteiger partial charge in [-0.3, -0.25) is 4.79 Å². The molecule has 0 aliphatic heterocycles. The Bertz CT molecular complexity index is 617. The summed E-state index contributed by atoms with van der Waals surface area (Å²) in [6.45, 7) is 3.77. The maximum absolute atomic E-state index is 12.1. The lowest BCUT2D eigenvalue weighted by Gasteiger charge is -2.21. The van der Waals surface area contributed by atoms with Crippen LogP contribution >= 0.6 is 11.3 Å². The average molecular weight is 277 g/mol. The molecular weight excluding hydrogens is 262 g/mol. The fourth-order valence-electron chi connectivity index (χ4n) is 2.39. The Morgan fingerprint density at radius 3 is 3.11 bits per heavy atom. The maximum Gasteiger partial charge on any atom is 0.274 e. The lowest BCUT2D eigenvalue weighted by atomic mass is 9.97. The molecule has 0 saturated carbocycles. The van der Waals surface area contributed by atoms with Gasteiger partial charge >= 0.3 is 0 Å². The first-order valence-corrected chi connectivity index (χ1v) is 7.15. The molecule has 0 saturated heterocycles. The Morgan fingerprint density at radius 1 is 1.53 bits per heavy atom. The summed E-state index contributed by atoms with van der Waals surface area (Å²) >= 11 is 1.72. The van der Waals surface area contributed by atoms with E-state index in [1.807, 2.05) is 6.92 Å². The Balaban J connectivity index is 1.79. The summed E-state index contributed by atoms with van der Waals surface area (Å²) in [5.41, 5.74) is 1.36. The monoisotopic (exact) mass is 277 g/mol. The molecule has 1 amide bonds. The number of aryl methyl sites for hydroxylation is 3. The highest BCUT2D eigenvalue weighted by molar-refractivity contribution is 7.11. The summed E-state index contributed by atoms with van der Waals surface area (Å²) in [4.78, 5) is 17.9. The van der Waals surface area contributed by atoms with Gasteiger partial charge in [0.2, 0.25) is 0 Å². The van der Waals surface area contributed by atoms with Crippen LogP contribution in [0, 0.1) is 13.8 Å². The molecule has 19 heavy (non-hydrogen) atoms. The summed E-state index contributed by atoms with van der Waals surface area (Å²) in [6.07, 6.45) is 3.08. The molecule has 100 valence electrons. The van der Waals surface area contributed by atoms with Crippen LogP contribution in [0.25, 0.3) is 0 Å². The van der Waals surface area contributed by atoms with Gasteiger partial charge in [-0.1, -0.05) is 5.16 Å². The molecule has 1 aliphatic rings. The third-order valence-corrected chi connectivity index (χ3v) is 4.27. The van der Waals surface area contributed by atoms with Gasteiger partial charge in [-0.15, -0.1) is 11.3 Å². The van der Waals surface area contributed by atoms with Crippen LogP contribution < -0.4 is 5.32 Å². The second kappa shape index (κ2) is 4.77. The van der Waals surface area contributed by atoms with Crippen molar-refractivity contribution in [3.63, 3.8) is 0 Å². The van der Waals surface area contributed by atoms with Crippen LogP contribution in [0.4, 0.5) is 0 Å². The highest BCUT2D eigenvalue weighted by atomic mass is 32.1. The molecule has 1 aliphatic carbocycles. The van der Waals surface area contributed by atoms with Gasteiger partial charge in [0.15, 0.2) is 5.69 Å². The molecule has 6 heteroatoms. The topological polar surface area (TPSA) is 68.0 Å². The normalized spacial score (nSPS) is 18.1. The maximum atomic E-state index is 12.1. The molecule has 1 atom stereocenters. The minimum Gasteiger partial charge on any atom is -0.361 e. The second-order valence-corrected chi connectivity index (χ2v) is 6.07. The van der Waals surface area contributed by atoms with Crippen LogP contribution in [0.5, 0.6) is 0 Å². The number of nitrogens with one attached hydrogen (secondary N) is 1. The van der Waals surface area contributed by atoms with Crippen molar-refractivity contribution in [1.29, 1.82) is 0 Å². The van der Waals surface area contributed by atoms with E-state index in [9.17, 15) is 4.79 Å². The van der Waals surface area contributed by atoms with Crippen LogP contribution in [0.2, 0.25) is 0 Å². The molecule has 0 bridgehead atoms. The van der Waals surface area contributed by atoms with E-state index in [0.29, 0.717) is 11.5 Å². The highest BCUT2D eigenvalue weighted by Gasteiger charge is 2.26. The third kappa shape index (κ3) is 2.40. The zero-order valence-electron chi connectivity index (χ0n) is 10.9. The first kappa shape index (κ1) is 12.3. The van der Waals surface area contributed by atoms with Crippen molar-refractivity contribution in [2.45, 2.75) is 39.2 Å². The molecule has 0 spiro atoms. The highest BCUT2D eigenvalue weighted by Crippen LogP contribution is 2.33. The summed E-state index contributed by atoms with van der Waals surface area (Å²) < 4.78 is 4.92. The molecule has 2 aromatic rings. The van der Waals surface area contributed by atoms with Crippen molar-refractivity contribution < 1.29 is 9.32 Å². The van der Waals surface area contributed by atoms with Gasteiger partial charge in [0.1, 0.15) is 5.76 Å². The van der Waals surface area contributed by atoms with Crippen molar-refractivity contribution in [3.8, 4) is 0 Å². The quantitative estimate of drug-likeness (QED) is 0.916.